The molecule has 0 spiro atoms. The molecule has 1 N–H and O–H groups in total. The van der Waals surface area contributed by atoms with Crippen molar-refractivity contribution in [3.05, 3.63) is 77.1 Å². The lowest BCUT2D eigenvalue weighted by Gasteiger charge is -2.03. The zero-order valence-corrected chi connectivity index (χ0v) is 13.3. The van der Waals surface area contributed by atoms with Gasteiger partial charge in [-0.15, -0.1) is 0 Å². The van der Waals surface area contributed by atoms with Crippen molar-refractivity contribution in [1.29, 1.82) is 0 Å². The number of carbonyl (C=O) groups excluding carboxylic acids is 1. The molecule has 0 amide bonds. The first kappa shape index (κ1) is 14.0. The summed E-state index contributed by atoms with van der Waals surface area (Å²) in [5.74, 6) is -0.0877. The zero-order chi connectivity index (χ0) is 16.0. The Labute approximate surface area is 138 Å². The molecule has 2 heterocycles. The van der Waals surface area contributed by atoms with Crippen molar-refractivity contribution in [2.75, 3.05) is 0 Å². The molecule has 2 aromatic heterocycles. The van der Waals surface area contributed by atoms with Crippen LogP contribution < -0.4 is 4.57 Å². The van der Waals surface area contributed by atoms with Gasteiger partial charge in [0.15, 0.2) is 6.20 Å². The van der Waals surface area contributed by atoms with Gasteiger partial charge in [-0.05, 0) is 18.2 Å². The average Bonchev–Trinajstić information content (AvgIpc) is 2.93. The lowest BCUT2D eigenvalue weighted by Crippen LogP contribution is -2.36. The SMILES string of the molecule is C[n+]1ccc2c([nH]c3ccccc32)c1C(=O)c1ccccc1Cl. The number of rotatable bonds is 2. The Morgan fingerprint density at radius 2 is 1.74 bits per heavy atom. The molecular formula is C19H14ClN2O+. The second-order valence-corrected chi connectivity index (χ2v) is 5.95. The third kappa shape index (κ3) is 2.13. The van der Waals surface area contributed by atoms with Crippen molar-refractivity contribution in [3.63, 3.8) is 0 Å². The molecule has 0 aliphatic heterocycles. The number of aryl methyl sites for hydroxylation is 1. The Hall–Kier alpha value is -2.65. The lowest BCUT2D eigenvalue weighted by molar-refractivity contribution is -0.672. The Morgan fingerprint density at radius 3 is 2.57 bits per heavy atom. The number of hydrogen-bond acceptors (Lipinski definition) is 1. The van der Waals surface area contributed by atoms with Gasteiger partial charge in [-0.2, -0.15) is 4.57 Å². The Kier molecular flexibility index (Phi) is 3.17. The number of nitrogens with zero attached hydrogens (tertiary/aromatic N) is 1. The van der Waals surface area contributed by atoms with Gasteiger partial charge in [0.05, 0.1) is 5.02 Å². The molecule has 2 aromatic carbocycles. The van der Waals surface area contributed by atoms with Gasteiger partial charge in [0.1, 0.15) is 12.6 Å². The number of fused-ring (bicyclic) bond motifs is 3. The van der Waals surface area contributed by atoms with E-state index in [1.165, 1.54) is 0 Å². The molecule has 0 saturated carbocycles. The van der Waals surface area contributed by atoms with Crippen LogP contribution >= 0.6 is 11.6 Å². The van der Waals surface area contributed by atoms with Crippen LogP contribution in [0.2, 0.25) is 5.02 Å². The van der Waals surface area contributed by atoms with Crippen LogP contribution in [-0.4, -0.2) is 10.8 Å². The van der Waals surface area contributed by atoms with Gasteiger partial charge in [-0.25, -0.2) is 0 Å². The van der Waals surface area contributed by atoms with E-state index >= 15 is 0 Å². The molecular weight excluding hydrogens is 308 g/mol. The van der Waals surface area contributed by atoms with E-state index in [9.17, 15) is 4.79 Å². The molecule has 0 radical (unpaired) electrons. The number of benzene rings is 2. The van der Waals surface area contributed by atoms with Crippen LogP contribution in [0.15, 0.2) is 60.8 Å². The molecule has 23 heavy (non-hydrogen) atoms. The maximum absolute atomic E-state index is 13.1. The number of ketones is 1. The van der Waals surface area contributed by atoms with E-state index in [1.54, 1.807) is 12.1 Å². The molecule has 0 aliphatic rings. The maximum atomic E-state index is 13.1. The normalized spacial score (nSPS) is 11.2. The first-order valence-electron chi connectivity index (χ1n) is 7.35. The van der Waals surface area contributed by atoms with Crippen LogP contribution in [0.4, 0.5) is 0 Å². The molecule has 0 fully saturated rings. The Morgan fingerprint density at radius 1 is 1.00 bits per heavy atom. The standard InChI is InChI=1S/C19H13ClN2O/c1-22-11-10-13-12-6-3-5-9-16(12)21-17(13)18(22)19(23)14-7-2-4-8-15(14)20/h2-11H,1H3/p+1. The number of nitrogens with one attached hydrogen (secondary N) is 1. The molecule has 4 aromatic rings. The highest BCUT2D eigenvalue weighted by Crippen LogP contribution is 2.28. The molecule has 4 rings (SSSR count). The van der Waals surface area contributed by atoms with Crippen LogP contribution in [0.3, 0.4) is 0 Å². The Bertz CT molecular complexity index is 1070. The van der Waals surface area contributed by atoms with Gasteiger partial charge >= 0.3 is 0 Å². The minimum atomic E-state index is -0.0877. The first-order valence-corrected chi connectivity index (χ1v) is 7.73. The molecule has 112 valence electrons. The maximum Gasteiger partial charge on any atom is 0.277 e. The summed E-state index contributed by atoms with van der Waals surface area (Å²) in [6.07, 6.45) is 1.91. The highest BCUT2D eigenvalue weighted by atomic mass is 35.5. The first-order chi connectivity index (χ1) is 11.2. The number of carbonyl (C=O) groups is 1. The van der Waals surface area contributed by atoms with E-state index in [2.05, 4.69) is 11.1 Å². The molecule has 3 nitrogen and oxygen atoms in total. The average molecular weight is 322 g/mol. The van der Waals surface area contributed by atoms with Gasteiger partial charge in [-0.3, -0.25) is 4.79 Å². The number of halogens is 1. The third-order valence-corrected chi connectivity index (χ3v) is 4.46. The summed E-state index contributed by atoms with van der Waals surface area (Å²) in [6, 6.07) is 17.2. The van der Waals surface area contributed by atoms with Gasteiger partial charge in [0.25, 0.3) is 11.5 Å². The second-order valence-electron chi connectivity index (χ2n) is 5.54. The fraction of sp³-hybridized carbons (Fsp3) is 0.0526. The van der Waals surface area contributed by atoms with Crippen LogP contribution in [0, 0.1) is 0 Å². The number of para-hydroxylation sites is 1. The van der Waals surface area contributed by atoms with E-state index < -0.39 is 0 Å². The summed E-state index contributed by atoms with van der Waals surface area (Å²) in [5.41, 5.74) is 2.96. The number of hydrogen-bond donors (Lipinski definition) is 1. The monoisotopic (exact) mass is 321 g/mol. The second kappa shape index (κ2) is 5.21. The van der Waals surface area contributed by atoms with Crippen LogP contribution in [-0.2, 0) is 7.05 Å². The van der Waals surface area contributed by atoms with Crippen molar-refractivity contribution < 1.29 is 9.36 Å². The molecule has 0 bridgehead atoms. The smallest absolute Gasteiger partial charge is 0.277 e. The van der Waals surface area contributed by atoms with Gasteiger partial charge in [0.2, 0.25) is 0 Å². The molecule has 0 unspecified atom stereocenters. The quantitative estimate of drug-likeness (QED) is 0.439. The largest absolute Gasteiger partial charge is 0.349 e. The number of aromatic nitrogens is 2. The third-order valence-electron chi connectivity index (χ3n) is 4.13. The predicted octanol–water partition coefficient (Wildman–Crippen LogP) is 4.03. The van der Waals surface area contributed by atoms with Crippen molar-refractivity contribution in [3.8, 4) is 0 Å². The Balaban J connectivity index is 2.05. The van der Waals surface area contributed by atoms with Crippen molar-refractivity contribution in [1.82, 2.24) is 4.98 Å². The highest BCUT2D eigenvalue weighted by Gasteiger charge is 2.26. The van der Waals surface area contributed by atoms with E-state index in [0.717, 1.165) is 21.8 Å². The number of pyridine rings is 1. The summed E-state index contributed by atoms with van der Waals surface area (Å²) in [7, 11) is 1.87. The van der Waals surface area contributed by atoms with Crippen molar-refractivity contribution in [2.45, 2.75) is 0 Å². The zero-order valence-electron chi connectivity index (χ0n) is 12.5. The molecule has 4 heteroatoms. The van der Waals surface area contributed by atoms with Gasteiger partial charge in [-0.1, -0.05) is 41.9 Å². The number of H-pyrrole nitrogens is 1. The minimum absolute atomic E-state index is 0.0877. The lowest BCUT2D eigenvalue weighted by atomic mass is 10.0. The summed E-state index contributed by atoms with van der Waals surface area (Å²) in [6.45, 7) is 0. The minimum Gasteiger partial charge on any atom is -0.349 e. The van der Waals surface area contributed by atoms with E-state index in [-0.39, 0.29) is 5.78 Å². The van der Waals surface area contributed by atoms with Crippen LogP contribution in [0.5, 0.6) is 0 Å². The van der Waals surface area contributed by atoms with Crippen molar-refractivity contribution >= 4 is 39.2 Å². The van der Waals surface area contributed by atoms with E-state index in [0.29, 0.717) is 16.3 Å². The summed E-state index contributed by atoms with van der Waals surface area (Å²) < 4.78 is 1.84. The predicted molar refractivity (Wildman–Crippen MR) is 91.9 cm³/mol. The van der Waals surface area contributed by atoms with Crippen LogP contribution in [0.25, 0.3) is 21.8 Å². The fourth-order valence-corrected chi connectivity index (χ4v) is 3.23. The topological polar surface area (TPSA) is 36.7 Å². The fourth-order valence-electron chi connectivity index (χ4n) is 3.01. The molecule has 0 saturated heterocycles. The summed E-state index contributed by atoms with van der Waals surface area (Å²) in [4.78, 5) is 16.4. The summed E-state index contributed by atoms with van der Waals surface area (Å²) in [5, 5.41) is 2.61. The van der Waals surface area contributed by atoms with Crippen molar-refractivity contribution in [2.24, 2.45) is 7.05 Å². The van der Waals surface area contributed by atoms with E-state index in [4.69, 9.17) is 11.6 Å². The van der Waals surface area contributed by atoms with Gasteiger partial charge in [0, 0.05) is 27.9 Å². The summed E-state index contributed by atoms with van der Waals surface area (Å²) >= 11 is 6.21. The number of aromatic amines is 1. The van der Waals surface area contributed by atoms with Crippen LogP contribution in [0.1, 0.15) is 16.1 Å². The highest BCUT2D eigenvalue weighted by molar-refractivity contribution is 6.35. The molecule has 0 atom stereocenters. The van der Waals surface area contributed by atoms with Gasteiger partial charge < -0.3 is 4.98 Å². The van der Waals surface area contributed by atoms with E-state index in [1.807, 2.05) is 54.2 Å². The molecule has 0 aliphatic carbocycles.